The number of Topliss-reactive ketones (excluding diaryl/α,β-unsaturated/α-hetero) is 2. The van der Waals surface area contributed by atoms with E-state index >= 15 is 0 Å². The van der Waals surface area contributed by atoms with E-state index in [1.165, 1.54) is 22.3 Å². The number of carbonyl (C=O) groups excluding carboxylic acids is 5. The molecule has 4 N–H and O–H groups in total. The number of rotatable bonds is 25. The van der Waals surface area contributed by atoms with Crippen LogP contribution < -0.4 is 21.3 Å². The van der Waals surface area contributed by atoms with Crippen LogP contribution in [0, 0.1) is 0 Å². The largest absolute Gasteiger partial charge is 0.356 e. The van der Waals surface area contributed by atoms with Gasteiger partial charge >= 0.3 is 6.03 Å². The Morgan fingerprint density at radius 3 is 2.00 bits per heavy atom. The SMILES string of the molecule is CC(C)=CCC/C(C)=C/CC/C(C)=C/CC/C(C)=C/CC1=C(C)C(=O)c2cc(CCC(=O)NCCCCCNC(=O)CCCC[C@@H]3SC[C@@H]4NC(=O)N[C@@H]43)ccc2C1=O. The molecule has 1 aliphatic carbocycles. The highest BCUT2D eigenvalue weighted by atomic mass is 32.2. The van der Waals surface area contributed by atoms with E-state index in [4.69, 9.17) is 0 Å². The van der Waals surface area contributed by atoms with Gasteiger partial charge < -0.3 is 21.3 Å². The first-order valence-electron chi connectivity index (χ1n) is 22.1. The number of thioether (sulfide) groups is 1. The number of carbonyl (C=O) groups is 5. The number of nitrogens with one attached hydrogen (secondary N) is 4. The van der Waals surface area contributed by atoms with Crippen LogP contribution in [0.5, 0.6) is 0 Å². The lowest BCUT2D eigenvalue weighted by molar-refractivity contribution is -0.121. The molecule has 9 nitrogen and oxygen atoms in total. The van der Waals surface area contributed by atoms with Gasteiger partial charge in [-0.2, -0.15) is 11.8 Å². The van der Waals surface area contributed by atoms with Gasteiger partial charge in [-0.3, -0.25) is 19.2 Å². The molecule has 2 fully saturated rings. The summed E-state index contributed by atoms with van der Waals surface area (Å²) >= 11 is 1.90. The van der Waals surface area contributed by atoms with Gasteiger partial charge in [0.2, 0.25) is 11.8 Å². The summed E-state index contributed by atoms with van der Waals surface area (Å²) in [6, 6.07) is 5.77. The number of benzene rings is 1. The van der Waals surface area contributed by atoms with Gasteiger partial charge in [0.25, 0.3) is 0 Å². The molecule has 10 heteroatoms. The summed E-state index contributed by atoms with van der Waals surface area (Å²) in [5, 5.41) is 12.4. The smallest absolute Gasteiger partial charge is 0.315 e. The molecule has 4 rings (SSSR count). The van der Waals surface area contributed by atoms with Crippen LogP contribution in [0.4, 0.5) is 4.79 Å². The molecule has 3 aliphatic rings. The maximum Gasteiger partial charge on any atom is 0.315 e. The quantitative estimate of drug-likeness (QED) is 0.0441. The second-order valence-electron chi connectivity index (χ2n) is 17.0. The van der Waals surface area contributed by atoms with Crippen LogP contribution in [0.2, 0.25) is 0 Å². The van der Waals surface area contributed by atoms with E-state index < -0.39 is 0 Å². The number of urea groups is 1. The summed E-state index contributed by atoms with van der Waals surface area (Å²) in [4.78, 5) is 63.3. The van der Waals surface area contributed by atoms with E-state index in [1.54, 1.807) is 19.1 Å². The molecular formula is C49H70N4O5S. The number of aryl methyl sites for hydroxylation is 1. The molecule has 1 aromatic rings. The lowest BCUT2D eigenvalue weighted by Gasteiger charge is -2.19. The van der Waals surface area contributed by atoms with Crippen LogP contribution in [-0.2, 0) is 16.0 Å². The fraction of sp³-hybridized carbons (Fsp3) is 0.571. The van der Waals surface area contributed by atoms with Crippen molar-refractivity contribution in [2.75, 3.05) is 18.8 Å². The molecule has 322 valence electrons. The predicted octanol–water partition coefficient (Wildman–Crippen LogP) is 9.98. The lowest BCUT2D eigenvalue weighted by Crippen LogP contribution is -2.36. The van der Waals surface area contributed by atoms with Crippen molar-refractivity contribution in [3.63, 3.8) is 0 Å². The summed E-state index contributed by atoms with van der Waals surface area (Å²) in [7, 11) is 0. The Hall–Kier alpha value is -4.18. The highest BCUT2D eigenvalue weighted by Gasteiger charge is 2.42. The summed E-state index contributed by atoms with van der Waals surface area (Å²) in [5.41, 5.74) is 8.25. The van der Waals surface area contributed by atoms with Crippen LogP contribution in [0.3, 0.4) is 0 Å². The van der Waals surface area contributed by atoms with Gasteiger partial charge in [0.15, 0.2) is 11.6 Å². The Kier molecular flexibility index (Phi) is 20.0. The number of fused-ring (bicyclic) bond motifs is 2. The van der Waals surface area contributed by atoms with E-state index in [0.29, 0.717) is 66.3 Å². The van der Waals surface area contributed by atoms with E-state index in [1.807, 2.05) is 17.8 Å². The molecule has 0 unspecified atom stereocenters. The molecule has 2 saturated heterocycles. The minimum atomic E-state index is -0.112. The van der Waals surface area contributed by atoms with Crippen LogP contribution in [0.15, 0.2) is 75.9 Å². The van der Waals surface area contributed by atoms with Crippen molar-refractivity contribution in [2.45, 2.75) is 162 Å². The summed E-state index contributed by atoms with van der Waals surface area (Å²) in [5.74, 6) is 0.787. The van der Waals surface area contributed by atoms with Crippen molar-refractivity contribution in [1.82, 2.24) is 21.3 Å². The summed E-state index contributed by atoms with van der Waals surface area (Å²) < 4.78 is 0. The maximum absolute atomic E-state index is 13.5. The summed E-state index contributed by atoms with van der Waals surface area (Å²) in [6.07, 6.45) is 22.5. The number of hydrogen-bond acceptors (Lipinski definition) is 6. The number of hydrogen-bond donors (Lipinski definition) is 4. The van der Waals surface area contributed by atoms with E-state index in [-0.39, 0.29) is 41.5 Å². The van der Waals surface area contributed by atoms with E-state index in [9.17, 15) is 24.0 Å². The first-order valence-corrected chi connectivity index (χ1v) is 23.1. The van der Waals surface area contributed by atoms with Crippen LogP contribution >= 0.6 is 11.8 Å². The second kappa shape index (κ2) is 24.8. The van der Waals surface area contributed by atoms with Crippen molar-refractivity contribution in [3.05, 3.63) is 92.6 Å². The first-order chi connectivity index (χ1) is 28.3. The third-order valence-corrected chi connectivity index (χ3v) is 13.2. The molecule has 2 aliphatic heterocycles. The molecule has 59 heavy (non-hydrogen) atoms. The third kappa shape index (κ3) is 16.1. The second-order valence-corrected chi connectivity index (χ2v) is 18.3. The number of allylic oxidation sites excluding steroid dienone is 10. The molecule has 0 aromatic heterocycles. The van der Waals surface area contributed by atoms with Crippen LogP contribution in [0.25, 0.3) is 0 Å². The lowest BCUT2D eigenvalue weighted by atomic mass is 9.82. The van der Waals surface area contributed by atoms with E-state index in [0.717, 1.165) is 88.4 Å². The van der Waals surface area contributed by atoms with Crippen molar-refractivity contribution in [3.8, 4) is 0 Å². The summed E-state index contributed by atoms with van der Waals surface area (Å²) in [6.45, 7) is 13.8. The van der Waals surface area contributed by atoms with Gasteiger partial charge in [-0.25, -0.2) is 4.79 Å². The number of amides is 4. The minimum Gasteiger partial charge on any atom is -0.356 e. The minimum absolute atomic E-state index is 0.0452. The van der Waals surface area contributed by atoms with Gasteiger partial charge in [0.05, 0.1) is 12.1 Å². The zero-order valence-electron chi connectivity index (χ0n) is 36.7. The molecule has 0 bridgehead atoms. The average Bonchev–Trinajstić information content (AvgIpc) is 3.76. The molecule has 0 radical (unpaired) electrons. The Labute approximate surface area is 358 Å². The molecule has 3 atom stereocenters. The number of unbranched alkanes of at least 4 members (excludes halogenated alkanes) is 3. The van der Waals surface area contributed by atoms with Crippen molar-refractivity contribution < 1.29 is 24.0 Å². The van der Waals surface area contributed by atoms with Gasteiger partial charge in [0, 0.05) is 59.2 Å². The molecule has 2 heterocycles. The van der Waals surface area contributed by atoms with E-state index in [2.05, 4.69) is 80.2 Å². The Morgan fingerprint density at radius 2 is 1.34 bits per heavy atom. The highest BCUT2D eigenvalue weighted by Crippen LogP contribution is 2.33. The molecular weight excluding hydrogens is 757 g/mol. The van der Waals surface area contributed by atoms with Crippen molar-refractivity contribution in [2.24, 2.45) is 0 Å². The van der Waals surface area contributed by atoms with Crippen LogP contribution in [0.1, 0.15) is 164 Å². The van der Waals surface area contributed by atoms with Crippen molar-refractivity contribution in [1.29, 1.82) is 0 Å². The van der Waals surface area contributed by atoms with Gasteiger partial charge in [-0.05, 0) is 137 Å². The van der Waals surface area contributed by atoms with Gasteiger partial charge in [-0.15, -0.1) is 0 Å². The monoisotopic (exact) mass is 827 g/mol. The Bertz CT molecular complexity index is 1820. The predicted molar refractivity (Wildman–Crippen MR) is 243 cm³/mol. The van der Waals surface area contributed by atoms with Gasteiger partial charge in [-0.1, -0.05) is 65.2 Å². The molecule has 1 aromatic carbocycles. The zero-order chi connectivity index (χ0) is 42.7. The third-order valence-electron chi connectivity index (χ3n) is 11.7. The average molecular weight is 827 g/mol. The van der Waals surface area contributed by atoms with Crippen molar-refractivity contribution >= 4 is 41.2 Å². The Balaban J connectivity index is 1.07. The van der Waals surface area contributed by atoms with Crippen LogP contribution in [-0.4, -0.2) is 65.6 Å². The highest BCUT2D eigenvalue weighted by molar-refractivity contribution is 8.00. The molecule has 0 spiro atoms. The fourth-order valence-electron chi connectivity index (χ4n) is 7.91. The number of ketones is 2. The maximum atomic E-state index is 13.5. The molecule has 4 amide bonds. The standard InChI is InChI=1S/C49H70N4O5S/c1-33(2)15-12-16-34(3)17-13-18-35(4)19-14-20-36(5)23-26-39-37(6)47(56)41-31-38(24-27-40(41)48(39)57)25-28-45(55)51-30-11-7-10-29-50-44(54)22-9-8-21-43-46-42(32-59-43)52-49(58)53-46/h15,17,19,23-24,27,31,42-43,46H,7-14,16,18,20-22,25-26,28-30,32H2,1-6H3,(H,50,54)(H,51,55)(H2,52,53,58)/b34-17+,35-19+,36-23+/t42-,43-,46-/m0/s1. The Morgan fingerprint density at radius 1 is 0.712 bits per heavy atom. The zero-order valence-corrected chi connectivity index (χ0v) is 37.5. The first kappa shape index (κ1) is 47.5. The van der Waals surface area contributed by atoms with Gasteiger partial charge in [0.1, 0.15) is 0 Å². The molecule has 0 saturated carbocycles. The normalized spacial score (nSPS) is 19.3. The topological polar surface area (TPSA) is 133 Å². The fourth-order valence-corrected chi connectivity index (χ4v) is 9.45.